The summed E-state index contributed by atoms with van der Waals surface area (Å²) in [6, 6.07) is 17.0. The summed E-state index contributed by atoms with van der Waals surface area (Å²) in [5.74, 6) is -3.94. The summed E-state index contributed by atoms with van der Waals surface area (Å²) in [7, 11) is -3.88. The molecule has 4 aliphatic rings. The molecule has 0 spiro atoms. The third-order valence-electron chi connectivity index (χ3n) is 10.3. The topological polar surface area (TPSA) is 169 Å². The molecule has 4 aromatic rings. The van der Waals surface area contributed by atoms with Crippen molar-refractivity contribution in [3.63, 3.8) is 0 Å². The lowest BCUT2D eigenvalue weighted by Gasteiger charge is -2.43. The molecule has 1 aromatic heterocycles. The normalized spacial score (nSPS) is 26.5. The maximum absolute atomic E-state index is 14.0. The van der Waals surface area contributed by atoms with Crippen LogP contribution in [0.25, 0.3) is 0 Å². The molecule has 4 N–H and O–H groups in total. The first-order chi connectivity index (χ1) is 24.2. The third-order valence-corrected chi connectivity index (χ3v) is 13.8. The number of anilines is 2. The van der Waals surface area contributed by atoms with Crippen LogP contribution in [-0.4, -0.2) is 43.0 Å². The molecule has 3 aromatic carbocycles. The van der Waals surface area contributed by atoms with E-state index in [0.717, 1.165) is 38.8 Å². The summed E-state index contributed by atoms with van der Waals surface area (Å²) in [5, 5.41) is 8.24. The van der Waals surface area contributed by atoms with Gasteiger partial charge >= 0.3 is 11.0 Å². The fourth-order valence-electron chi connectivity index (χ4n) is 8.38. The monoisotopic (exact) mass is 756 g/mol. The number of fused-ring (bicyclic) bond motifs is 9. The van der Waals surface area contributed by atoms with Gasteiger partial charge in [0.15, 0.2) is 6.61 Å². The SMILES string of the molecule is NS(=O)(=O)c1ccc(NC(=O)COc2ccc([C@H]3c4sc(=O)[nH]c4SC4C3[C@H]3C[C@@H]4C4C(=O)N(c5ccccc5C(F)(F)F)C(=O)C43)cc2)cc1. The molecule has 2 aliphatic carbocycles. The average Bonchev–Trinajstić information content (AvgIpc) is 3.82. The molecule has 1 saturated heterocycles. The number of hydrogen-bond acceptors (Lipinski definition) is 9. The smallest absolute Gasteiger partial charge is 0.418 e. The predicted octanol–water partition coefficient (Wildman–Crippen LogP) is 4.80. The molecule has 2 aliphatic heterocycles. The highest BCUT2D eigenvalue weighted by Crippen LogP contribution is 2.69. The Morgan fingerprint density at radius 1 is 0.961 bits per heavy atom. The molecule has 17 heteroatoms. The number of aromatic amines is 1. The number of thiazole rings is 1. The number of carbonyl (C=O) groups excluding carboxylic acids is 3. The molecule has 7 atom stereocenters. The number of nitrogens with one attached hydrogen (secondary N) is 2. The standard InChI is InChI=1S/C34H27F3N4O7S3/c35-34(36,37)21-3-1-2-4-22(21)41-31(43)26-19-13-20(27(26)32(41)44)28-25(19)24(29-30(49-28)40-33(45)50-29)15-5-9-17(10-6-15)48-14-23(42)39-16-7-11-18(12-8-16)51(38,46)47/h1-12,19-20,24-28H,13-14H2,(H,39,42)(H,40,45)(H2,38,46,47)/t19-,20-,24-,25?,26?,27?,28?/m1/s1. The fourth-order valence-corrected chi connectivity index (χ4v) is 11.8. The zero-order valence-electron chi connectivity index (χ0n) is 26.1. The number of amides is 3. The first-order valence-electron chi connectivity index (χ1n) is 15.8. The Hall–Kier alpha value is -4.45. The number of hydrogen-bond donors (Lipinski definition) is 3. The zero-order chi connectivity index (χ0) is 36.0. The maximum Gasteiger partial charge on any atom is 0.418 e. The van der Waals surface area contributed by atoms with Crippen LogP contribution in [-0.2, 0) is 30.6 Å². The molecule has 4 unspecified atom stereocenters. The zero-order valence-corrected chi connectivity index (χ0v) is 28.6. The number of benzene rings is 3. The lowest BCUT2D eigenvalue weighted by molar-refractivity contribution is -0.137. The van der Waals surface area contributed by atoms with Gasteiger partial charge in [-0.3, -0.25) is 19.2 Å². The highest BCUT2D eigenvalue weighted by molar-refractivity contribution is 8.00. The number of aromatic nitrogens is 1. The van der Waals surface area contributed by atoms with E-state index in [2.05, 4.69) is 10.3 Å². The maximum atomic E-state index is 14.0. The molecule has 3 heterocycles. The van der Waals surface area contributed by atoms with E-state index in [1.807, 2.05) is 12.1 Å². The van der Waals surface area contributed by atoms with Crippen LogP contribution in [0, 0.1) is 29.6 Å². The van der Waals surface area contributed by atoms with E-state index in [4.69, 9.17) is 9.88 Å². The number of imide groups is 1. The van der Waals surface area contributed by atoms with Gasteiger partial charge in [-0.2, -0.15) is 13.2 Å². The van der Waals surface area contributed by atoms with Gasteiger partial charge in [-0.25, -0.2) is 18.5 Å². The largest absolute Gasteiger partial charge is 0.484 e. The minimum Gasteiger partial charge on any atom is -0.484 e. The molecule has 11 nitrogen and oxygen atoms in total. The lowest BCUT2D eigenvalue weighted by atomic mass is 9.68. The van der Waals surface area contributed by atoms with Gasteiger partial charge in [0.1, 0.15) is 5.75 Å². The Morgan fingerprint density at radius 3 is 2.29 bits per heavy atom. The minimum atomic E-state index is -4.76. The minimum absolute atomic E-state index is 0.0963. The van der Waals surface area contributed by atoms with E-state index in [9.17, 15) is 40.8 Å². The third kappa shape index (κ3) is 5.66. The number of ether oxygens (including phenoxy) is 1. The van der Waals surface area contributed by atoms with Gasteiger partial charge in [-0.15, -0.1) is 11.8 Å². The average molecular weight is 757 g/mol. The Labute approximate surface area is 296 Å². The number of carbonyl (C=O) groups is 3. The molecule has 8 rings (SSSR count). The van der Waals surface area contributed by atoms with Gasteiger partial charge in [-0.05, 0) is 78.3 Å². The van der Waals surface area contributed by atoms with Crippen molar-refractivity contribution in [2.45, 2.75) is 33.7 Å². The number of rotatable bonds is 7. The molecular formula is C34H27F3N4O7S3. The van der Waals surface area contributed by atoms with Gasteiger partial charge in [-0.1, -0.05) is 35.6 Å². The number of H-pyrrole nitrogens is 1. The first kappa shape index (κ1) is 33.7. The molecule has 3 amide bonds. The summed E-state index contributed by atoms with van der Waals surface area (Å²) in [5.41, 5.74) is -0.315. The van der Waals surface area contributed by atoms with Gasteiger partial charge < -0.3 is 15.0 Å². The van der Waals surface area contributed by atoms with Crippen LogP contribution in [0.5, 0.6) is 5.75 Å². The van der Waals surface area contributed by atoms with E-state index in [1.54, 1.807) is 12.1 Å². The predicted molar refractivity (Wildman–Crippen MR) is 181 cm³/mol. The van der Waals surface area contributed by atoms with Gasteiger partial charge in [0.2, 0.25) is 21.8 Å². The van der Waals surface area contributed by atoms with Crippen molar-refractivity contribution in [3.05, 3.63) is 98.5 Å². The molecule has 51 heavy (non-hydrogen) atoms. The molecule has 264 valence electrons. The van der Waals surface area contributed by atoms with E-state index in [0.29, 0.717) is 22.9 Å². The van der Waals surface area contributed by atoms with Crippen LogP contribution >= 0.6 is 23.1 Å². The Morgan fingerprint density at radius 2 is 1.63 bits per heavy atom. The second-order valence-electron chi connectivity index (χ2n) is 13.0. The van der Waals surface area contributed by atoms with Crippen molar-refractivity contribution in [1.29, 1.82) is 0 Å². The summed E-state index contributed by atoms with van der Waals surface area (Å²) >= 11 is 2.55. The molecule has 0 radical (unpaired) electrons. The second kappa shape index (κ2) is 12.1. The number of halogens is 3. The lowest BCUT2D eigenvalue weighted by Crippen LogP contribution is -2.42. The molecular weight excluding hydrogens is 730 g/mol. The van der Waals surface area contributed by atoms with Crippen molar-refractivity contribution in [3.8, 4) is 5.75 Å². The number of nitrogens with zero attached hydrogens (tertiary/aromatic N) is 1. The van der Waals surface area contributed by atoms with Crippen LogP contribution in [0.2, 0.25) is 0 Å². The number of nitrogens with two attached hydrogens (primary N) is 1. The van der Waals surface area contributed by atoms with Crippen molar-refractivity contribution in [2.24, 2.45) is 34.7 Å². The quantitative estimate of drug-likeness (QED) is 0.226. The Bertz CT molecular complexity index is 2260. The van der Waals surface area contributed by atoms with E-state index in [1.165, 1.54) is 48.2 Å². The molecule has 2 saturated carbocycles. The second-order valence-corrected chi connectivity index (χ2v) is 16.7. The number of para-hydroxylation sites is 1. The number of thioether (sulfide) groups is 1. The van der Waals surface area contributed by atoms with Crippen molar-refractivity contribution in [1.82, 2.24) is 4.98 Å². The van der Waals surface area contributed by atoms with Crippen LogP contribution in [0.3, 0.4) is 0 Å². The van der Waals surface area contributed by atoms with E-state index >= 15 is 0 Å². The van der Waals surface area contributed by atoms with Gasteiger partial charge in [0.05, 0.1) is 33.0 Å². The Kier molecular flexibility index (Phi) is 7.97. The highest BCUT2D eigenvalue weighted by Gasteiger charge is 2.70. The van der Waals surface area contributed by atoms with Crippen molar-refractivity contribution >= 4 is 62.2 Å². The summed E-state index contributed by atoms with van der Waals surface area (Å²) in [6.07, 6.45) is -4.19. The Balaban J connectivity index is 1.03. The highest BCUT2D eigenvalue weighted by atomic mass is 32.2. The number of sulfonamides is 1. The van der Waals surface area contributed by atoms with E-state index in [-0.39, 0.29) is 45.3 Å². The molecule has 3 fully saturated rings. The van der Waals surface area contributed by atoms with Crippen LogP contribution in [0.4, 0.5) is 24.5 Å². The number of alkyl halides is 3. The first-order valence-corrected chi connectivity index (χ1v) is 19.0. The van der Waals surface area contributed by atoms with Gasteiger partial charge in [0.25, 0.3) is 5.91 Å². The van der Waals surface area contributed by atoms with Crippen molar-refractivity contribution in [2.75, 3.05) is 16.8 Å². The summed E-state index contributed by atoms with van der Waals surface area (Å²) in [4.78, 5) is 57.1. The van der Waals surface area contributed by atoms with Gasteiger partial charge in [0, 0.05) is 21.7 Å². The van der Waals surface area contributed by atoms with Crippen LogP contribution in [0.1, 0.15) is 28.3 Å². The fraction of sp³-hybridized carbons (Fsp3) is 0.294. The van der Waals surface area contributed by atoms with Crippen molar-refractivity contribution < 1.29 is 40.7 Å². The van der Waals surface area contributed by atoms with Crippen LogP contribution in [0.15, 0.2) is 87.5 Å². The number of primary sulfonamides is 1. The summed E-state index contributed by atoms with van der Waals surface area (Å²) < 4.78 is 70.5. The summed E-state index contributed by atoms with van der Waals surface area (Å²) in [6.45, 7) is -0.346. The molecule has 2 bridgehead atoms. The van der Waals surface area contributed by atoms with E-state index < -0.39 is 57.0 Å². The van der Waals surface area contributed by atoms with Crippen LogP contribution < -0.4 is 25.0 Å².